The molecule has 0 bridgehead atoms. The molecule has 0 unspecified atom stereocenters. The average Bonchev–Trinajstić information content (AvgIpc) is 2.80. The van der Waals surface area contributed by atoms with E-state index in [1.54, 1.807) is 18.4 Å². The Morgan fingerprint density at radius 1 is 1.41 bits per heavy atom. The van der Waals surface area contributed by atoms with Crippen LogP contribution in [-0.2, 0) is 6.54 Å². The Morgan fingerprint density at radius 2 is 2.24 bits per heavy atom. The van der Waals surface area contributed by atoms with Crippen molar-refractivity contribution in [3.8, 4) is 0 Å². The Labute approximate surface area is 98.2 Å². The van der Waals surface area contributed by atoms with Crippen LogP contribution in [0.2, 0.25) is 0 Å². The molecule has 0 fully saturated rings. The molecule has 0 saturated heterocycles. The van der Waals surface area contributed by atoms with Gasteiger partial charge in [-0.2, -0.15) is 0 Å². The van der Waals surface area contributed by atoms with E-state index in [4.69, 9.17) is 4.42 Å². The number of hydrogen-bond acceptors (Lipinski definition) is 4. The predicted octanol–water partition coefficient (Wildman–Crippen LogP) is 3.11. The first-order chi connectivity index (χ1) is 8.16. The number of nitro groups is 1. The highest BCUT2D eigenvalue weighted by Gasteiger charge is 2.08. The van der Waals surface area contributed by atoms with Gasteiger partial charge in [-0.3, -0.25) is 10.1 Å². The minimum atomic E-state index is -0.405. The van der Waals surface area contributed by atoms with Crippen LogP contribution in [-0.4, -0.2) is 4.92 Å². The molecule has 0 aliphatic carbocycles. The van der Waals surface area contributed by atoms with Crippen molar-refractivity contribution in [1.29, 1.82) is 0 Å². The molecule has 5 nitrogen and oxygen atoms in total. The molecule has 1 heterocycles. The maximum absolute atomic E-state index is 10.7. The van der Waals surface area contributed by atoms with Crippen molar-refractivity contribution >= 4 is 11.4 Å². The molecule has 17 heavy (non-hydrogen) atoms. The van der Waals surface area contributed by atoms with Gasteiger partial charge in [0.15, 0.2) is 0 Å². The summed E-state index contributed by atoms with van der Waals surface area (Å²) < 4.78 is 5.18. The second-order valence-corrected chi connectivity index (χ2v) is 3.69. The lowest BCUT2D eigenvalue weighted by atomic mass is 10.2. The van der Waals surface area contributed by atoms with Gasteiger partial charge in [-0.1, -0.05) is 6.07 Å². The molecule has 0 atom stereocenters. The minimum absolute atomic E-state index is 0.0811. The molecule has 2 aromatic rings. The summed E-state index contributed by atoms with van der Waals surface area (Å²) >= 11 is 0. The molecule has 0 saturated carbocycles. The van der Waals surface area contributed by atoms with Crippen molar-refractivity contribution in [2.75, 3.05) is 5.32 Å². The molecule has 1 aromatic carbocycles. The van der Waals surface area contributed by atoms with Gasteiger partial charge in [0.25, 0.3) is 5.69 Å². The van der Waals surface area contributed by atoms with Crippen LogP contribution in [0.15, 0.2) is 41.0 Å². The highest BCUT2D eigenvalue weighted by molar-refractivity contribution is 5.56. The Balaban J connectivity index is 2.14. The summed E-state index contributed by atoms with van der Waals surface area (Å²) in [6.45, 7) is 2.41. The second-order valence-electron chi connectivity index (χ2n) is 3.69. The molecule has 88 valence electrons. The van der Waals surface area contributed by atoms with E-state index in [2.05, 4.69) is 5.32 Å². The van der Waals surface area contributed by atoms with E-state index in [-0.39, 0.29) is 5.69 Å². The fraction of sp³-hybridized carbons (Fsp3) is 0.167. The van der Waals surface area contributed by atoms with E-state index in [0.717, 1.165) is 17.0 Å². The van der Waals surface area contributed by atoms with E-state index in [9.17, 15) is 10.1 Å². The molecule has 0 amide bonds. The van der Waals surface area contributed by atoms with Gasteiger partial charge in [0.1, 0.15) is 5.76 Å². The number of nitrogens with one attached hydrogen (secondary N) is 1. The van der Waals surface area contributed by atoms with E-state index >= 15 is 0 Å². The number of furan rings is 1. The highest BCUT2D eigenvalue weighted by Crippen LogP contribution is 2.22. The molecular formula is C12H12N2O3. The Hall–Kier alpha value is -2.30. The molecule has 0 aliphatic heterocycles. The Kier molecular flexibility index (Phi) is 3.09. The van der Waals surface area contributed by atoms with Crippen molar-refractivity contribution in [2.24, 2.45) is 0 Å². The normalized spacial score (nSPS) is 10.2. The highest BCUT2D eigenvalue weighted by atomic mass is 16.6. The van der Waals surface area contributed by atoms with Gasteiger partial charge in [0.2, 0.25) is 0 Å². The summed E-state index contributed by atoms with van der Waals surface area (Å²) in [5, 5.41) is 13.8. The van der Waals surface area contributed by atoms with Crippen molar-refractivity contribution in [3.63, 3.8) is 0 Å². The third-order valence-electron chi connectivity index (χ3n) is 2.47. The maximum Gasteiger partial charge on any atom is 0.271 e. The van der Waals surface area contributed by atoms with Gasteiger partial charge in [-0.05, 0) is 24.6 Å². The van der Waals surface area contributed by atoms with Crippen LogP contribution < -0.4 is 5.32 Å². The monoisotopic (exact) mass is 232 g/mol. The van der Waals surface area contributed by atoms with Crippen molar-refractivity contribution in [2.45, 2.75) is 13.5 Å². The zero-order valence-electron chi connectivity index (χ0n) is 9.34. The van der Waals surface area contributed by atoms with Crippen LogP contribution in [0, 0.1) is 17.0 Å². The van der Waals surface area contributed by atoms with Crippen LogP contribution >= 0.6 is 0 Å². The molecule has 0 aliphatic rings. The third kappa shape index (κ3) is 2.63. The van der Waals surface area contributed by atoms with Crippen molar-refractivity contribution in [1.82, 2.24) is 0 Å². The average molecular weight is 232 g/mol. The lowest BCUT2D eigenvalue weighted by molar-refractivity contribution is -0.384. The lowest BCUT2D eigenvalue weighted by Gasteiger charge is -2.07. The standard InChI is InChI=1S/C12H12N2O3/c1-9-4-5-10(14(15)16)7-12(9)13-8-11-3-2-6-17-11/h2-7,13H,8H2,1H3. The first-order valence-electron chi connectivity index (χ1n) is 5.18. The van der Waals surface area contributed by atoms with E-state index in [1.807, 2.05) is 13.0 Å². The quantitative estimate of drug-likeness (QED) is 0.649. The number of nitro benzene ring substituents is 1. The Bertz CT molecular complexity index is 521. The van der Waals surface area contributed by atoms with Crippen LogP contribution in [0.25, 0.3) is 0 Å². The largest absolute Gasteiger partial charge is 0.467 e. The van der Waals surface area contributed by atoms with Crippen molar-refractivity contribution < 1.29 is 9.34 Å². The fourth-order valence-electron chi connectivity index (χ4n) is 1.51. The van der Waals surface area contributed by atoms with Gasteiger partial charge in [0.05, 0.1) is 17.7 Å². The number of nitrogens with zero attached hydrogens (tertiary/aromatic N) is 1. The molecule has 2 rings (SSSR count). The first-order valence-corrected chi connectivity index (χ1v) is 5.18. The molecule has 1 N–H and O–H groups in total. The number of hydrogen-bond donors (Lipinski definition) is 1. The van der Waals surface area contributed by atoms with Crippen LogP contribution in [0.5, 0.6) is 0 Å². The molecule has 0 radical (unpaired) electrons. The van der Waals surface area contributed by atoms with E-state index < -0.39 is 4.92 Å². The number of non-ortho nitro benzene ring substituents is 1. The van der Waals surface area contributed by atoms with Gasteiger partial charge in [0, 0.05) is 17.8 Å². The van der Waals surface area contributed by atoms with Gasteiger partial charge >= 0.3 is 0 Å². The number of anilines is 1. The lowest BCUT2D eigenvalue weighted by Crippen LogP contribution is -2.01. The molecule has 0 spiro atoms. The first kappa shape index (κ1) is 11.2. The SMILES string of the molecule is Cc1ccc([N+](=O)[O-])cc1NCc1ccco1. The minimum Gasteiger partial charge on any atom is -0.467 e. The summed E-state index contributed by atoms with van der Waals surface area (Å²) in [6, 6.07) is 8.39. The van der Waals surface area contributed by atoms with Crippen LogP contribution in [0.3, 0.4) is 0 Å². The Morgan fingerprint density at radius 3 is 2.88 bits per heavy atom. The van der Waals surface area contributed by atoms with E-state index in [1.165, 1.54) is 12.1 Å². The summed E-state index contributed by atoms with van der Waals surface area (Å²) in [6.07, 6.45) is 1.59. The summed E-state index contributed by atoms with van der Waals surface area (Å²) in [5.41, 5.74) is 1.79. The van der Waals surface area contributed by atoms with Crippen LogP contribution in [0.4, 0.5) is 11.4 Å². The van der Waals surface area contributed by atoms with Gasteiger partial charge in [-0.15, -0.1) is 0 Å². The molecule has 5 heteroatoms. The number of aryl methyl sites for hydroxylation is 1. The zero-order chi connectivity index (χ0) is 12.3. The predicted molar refractivity (Wildman–Crippen MR) is 63.9 cm³/mol. The van der Waals surface area contributed by atoms with Gasteiger partial charge in [-0.25, -0.2) is 0 Å². The summed E-state index contributed by atoms with van der Waals surface area (Å²) in [5.74, 6) is 0.788. The summed E-state index contributed by atoms with van der Waals surface area (Å²) in [7, 11) is 0. The summed E-state index contributed by atoms with van der Waals surface area (Å²) in [4.78, 5) is 10.3. The van der Waals surface area contributed by atoms with Crippen LogP contribution in [0.1, 0.15) is 11.3 Å². The zero-order valence-corrected chi connectivity index (χ0v) is 9.34. The fourth-order valence-corrected chi connectivity index (χ4v) is 1.51. The maximum atomic E-state index is 10.7. The van der Waals surface area contributed by atoms with E-state index in [0.29, 0.717) is 6.54 Å². The molecule has 1 aromatic heterocycles. The van der Waals surface area contributed by atoms with Crippen molar-refractivity contribution in [3.05, 3.63) is 58.0 Å². The molecular weight excluding hydrogens is 220 g/mol. The number of rotatable bonds is 4. The third-order valence-corrected chi connectivity index (χ3v) is 2.47. The number of benzene rings is 1. The van der Waals surface area contributed by atoms with Gasteiger partial charge < -0.3 is 9.73 Å². The smallest absolute Gasteiger partial charge is 0.271 e. The second kappa shape index (κ2) is 4.69. The topological polar surface area (TPSA) is 68.3 Å².